The Labute approximate surface area is 106 Å². The molecule has 2 bridgehead atoms. The van der Waals surface area contributed by atoms with E-state index in [0.717, 1.165) is 12.6 Å². The van der Waals surface area contributed by atoms with Crippen molar-refractivity contribution in [3.63, 3.8) is 0 Å². The van der Waals surface area contributed by atoms with E-state index < -0.39 is 0 Å². The molecule has 98 valence electrons. The number of hydrogen-bond acceptors (Lipinski definition) is 2. The predicted molar refractivity (Wildman–Crippen MR) is 66.1 cm³/mol. The van der Waals surface area contributed by atoms with Crippen LogP contribution in [-0.4, -0.2) is 30.6 Å². The second kappa shape index (κ2) is 4.94. The largest absolute Gasteiger partial charge is 0.308 e. The summed E-state index contributed by atoms with van der Waals surface area (Å²) in [5, 5.41) is 3.39. The minimum Gasteiger partial charge on any atom is -0.308 e. The molecule has 3 saturated heterocycles. The van der Waals surface area contributed by atoms with E-state index in [1.54, 1.807) is 0 Å². The Bertz CT molecular complexity index is 428. The molecule has 0 saturated carbocycles. The Morgan fingerprint density at radius 2 is 2.00 bits per heavy atom. The van der Waals surface area contributed by atoms with E-state index in [-0.39, 0.29) is 11.6 Å². The van der Waals surface area contributed by atoms with Crippen LogP contribution in [0.3, 0.4) is 0 Å². The summed E-state index contributed by atoms with van der Waals surface area (Å²) < 4.78 is 26.6. The molecule has 1 unspecified atom stereocenters. The summed E-state index contributed by atoms with van der Waals surface area (Å²) in [6.45, 7) is 3.84. The van der Waals surface area contributed by atoms with Crippen LogP contribution in [-0.2, 0) is 6.54 Å². The van der Waals surface area contributed by atoms with Gasteiger partial charge in [0.1, 0.15) is 11.6 Å². The van der Waals surface area contributed by atoms with Gasteiger partial charge in [-0.1, -0.05) is 0 Å². The fourth-order valence-electron chi connectivity index (χ4n) is 3.12. The molecule has 0 spiro atoms. The van der Waals surface area contributed by atoms with Gasteiger partial charge in [0.2, 0.25) is 0 Å². The van der Waals surface area contributed by atoms with Crippen molar-refractivity contribution in [3.05, 3.63) is 35.4 Å². The lowest BCUT2D eigenvalue weighted by molar-refractivity contribution is 0.0718. The zero-order chi connectivity index (χ0) is 12.5. The van der Waals surface area contributed by atoms with Crippen molar-refractivity contribution in [3.8, 4) is 0 Å². The van der Waals surface area contributed by atoms with Crippen molar-refractivity contribution in [1.29, 1.82) is 0 Å². The van der Waals surface area contributed by atoms with Crippen molar-refractivity contribution in [1.82, 2.24) is 10.2 Å². The second-order valence-corrected chi connectivity index (χ2v) is 5.36. The molecule has 1 N–H and O–H groups in total. The van der Waals surface area contributed by atoms with Gasteiger partial charge < -0.3 is 10.2 Å². The summed E-state index contributed by atoms with van der Waals surface area (Å²) in [6, 6.07) is 4.06. The topological polar surface area (TPSA) is 15.3 Å². The molecule has 0 amide bonds. The normalized spacial score (nSPS) is 30.7. The SMILES string of the molecule is Fc1ccc(F)c(CNC2CN3CCC2CC3)c1. The molecule has 3 aliphatic rings. The highest BCUT2D eigenvalue weighted by atomic mass is 19.1. The summed E-state index contributed by atoms with van der Waals surface area (Å²) in [6.07, 6.45) is 2.45. The van der Waals surface area contributed by atoms with E-state index in [2.05, 4.69) is 10.2 Å². The zero-order valence-corrected chi connectivity index (χ0v) is 10.3. The number of benzene rings is 1. The summed E-state index contributed by atoms with van der Waals surface area (Å²) in [7, 11) is 0. The van der Waals surface area contributed by atoms with Crippen LogP contribution in [0.5, 0.6) is 0 Å². The van der Waals surface area contributed by atoms with Crippen LogP contribution in [0.2, 0.25) is 0 Å². The zero-order valence-electron chi connectivity index (χ0n) is 10.3. The molecular formula is C14H18F2N2. The molecule has 0 aromatic heterocycles. The average molecular weight is 252 g/mol. The van der Waals surface area contributed by atoms with Crippen LogP contribution in [0.25, 0.3) is 0 Å². The first-order valence-electron chi connectivity index (χ1n) is 6.62. The third kappa shape index (κ3) is 2.40. The Kier molecular flexibility index (Phi) is 3.31. The van der Waals surface area contributed by atoms with Crippen molar-refractivity contribution in [2.24, 2.45) is 5.92 Å². The minimum absolute atomic E-state index is 0.329. The summed E-state index contributed by atoms with van der Waals surface area (Å²) in [4.78, 5) is 2.44. The first kappa shape index (κ1) is 12.1. The third-order valence-electron chi connectivity index (χ3n) is 4.22. The van der Waals surface area contributed by atoms with Crippen molar-refractivity contribution in [2.75, 3.05) is 19.6 Å². The van der Waals surface area contributed by atoms with Gasteiger partial charge in [-0.25, -0.2) is 8.78 Å². The Hall–Kier alpha value is -1.00. The van der Waals surface area contributed by atoms with Crippen LogP contribution in [0.1, 0.15) is 18.4 Å². The Morgan fingerprint density at radius 3 is 2.67 bits per heavy atom. The lowest BCUT2D eigenvalue weighted by Gasteiger charge is -2.45. The Balaban J connectivity index is 1.62. The highest BCUT2D eigenvalue weighted by Gasteiger charge is 2.33. The van der Waals surface area contributed by atoms with Crippen LogP contribution in [0, 0.1) is 17.6 Å². The van der Waals surface area contributed by atoms with Gasteiger partial charge in [0.25, 0.3) is 0 Å². The maximum absolute atomic E-state index is 13.5. The molecule has 3 aliphatic heterocycles. The number of nitrogens with one attached hydrogen (secondary N) is 1. The van der Waals surface area contributed by atoms with Gasteiger partial charge >= 0.3 is 0 Å². The van der Waals surface area contributed by atoms with Crippen LogP contribution >= 0.6 is 0 Å². The van der Waals surface area contributed by atoms with Crippen LogP contribution < -0.4 is 5.32 Å². The molecule has 3 heterocycles. The van der Waals surface area contributed by atoms with Gasteiger partial charge in [-0.3, -0.25) is 0 Å². The Morgan fingerprint density at radius 1 is 1.22 bits per heavy atom. The van der Waals surface area contributed by atoms with Crippen molar-refractivity contribution in [2.45, 2.75) is 25.4 Å². The number of halogens is 2. The molecular weight excluding hydrogens is 234 g/mol. The van der Waals surface area contributed by atoms with Gasteiger partial charge in [0, 0.05) is 24.7 Å². The molecule has 4 rings (SSSR count). The molecule has 4 heteroatoms. The molecule has 3 fully saturated rings. The maximum Gasteiger partial charge on any atom is 0.127 e. The monoisotopic (exact) mass is 252 g/mol. The van der Waals surface area contributed by atoms with Gasteiger partial charge in [-0.05, 0) is 50.0 Å². The van der Waals surface area contributed by atoms with E-state index in [9.17, 15) is 8.78 Å². The molecule has 1 aromatic rings. The van der Waals surface area contributed by atoms with Gasteiger partial charge in [-0.2, -0.15) is 0 Å². The lowest BCUT2D eigenvalue weighted by Crippen LogP contribution is -2.55. The quantitative estimate of drug-likeness (QED) is 0.886. The predicted octanol–water partition coefficient (Wildman–Crippen LogP) is 2.15. The standard InChI is InChI=1S/C14H18F2N2/c15-12-1-2-13(16)11(7-12)8-17-14-9-18-5-3-10(14)4-6-18/h1-2,7,10,14,17H,3-6,8-9H2. The van der Waals surface area contributed by atoms with Crippen LogP contribution in [0.4, 0.5) is 8.78 Å². The fraction of sp³-hybridized carbons (Fsp3) is 0.571. The number of hydrogen-bond donors (Lipinski definition) is 1. The van der Waals surface area contributed by atoms with Crippen molar-refractivity contribution < 1.29 is 8.78 Å². The van der Waals surface area contributed by atoms with Gasteiger partial charge in [-0.15, -0.1) is 0 Å². The van der Waals surface area contributed by atoms with E-state index in [4.69, 9.17) is 0 Å². The number of rotatable bonds is 3. The van der Waals surface area contributed by atoms with E-state index >= 15 is 0 Å². The highest BCUT2D eigenvalue weighted by molar-refractivity contribution is 5.18. The first-order valence-corrected chi connectivity index (χ1v) is 6.62. The fourth-order valence-corrected chi connectivity index (χ4v) is 3.12. The number of nitrogens with zero attached hydrogens (tertiary/aromatic N) is 1. The first-order chi connectivity index (χ1) is 8.72. The van der Waals surface area contributed by atoms with Gasteiger partial charge in [0.05, 0.1) is 0 Å². The van der Waals surface area contributed by atoms with Crippen molar-refractivity contribution >= 4 is 0 Å². The van der Waals surface area contributed by atoms with Crippen LogP contribution in [0.15, 0.2) is 18.2 Å². The highest BCUT2D eigenvalue weighted by Crippen LogP contribution is 2.27. The molecule has 0 radical (unpaired) electrons. The molecule has 1 atom stereocenters. The summed E-state index contributed by atoms with van der Waals surface area (Å²) in [5.41, 5.74) is 0.423. The number of piperidine rings is 3. The van der Waals surface area contributed by atoms with E-state index in [1.807, 2.05) is 0 Å². The average Bonchev–Trinajstić information content (AvgIpc) is 2.41. The summed E-state index contributed by atoms with van der Waals surface area (Å²) >= 11 is 0. The smallest absolute Gasteiger partial charge is 0.127 e. The minimum atomic E-state index is -0.373. The maximum atomic E-state index is 13.5. The molecule has 2 nitrogen and oxygen atoms in total. The lowest BCUT2D eigenvalue weighted by atomic mass is 9.84. The molecule has 1 aromatic carbocycles. The second-order valence-electron chi connectivity index (χ2n) is 5.36. The third-order valence-corrected chi connectivity index (χ3v) is 4.22. The van der Waals surface area contributed by atoms with E-state index in [0.29, 0.717) is 24.1 Å². The van der Waals surface area contributed by atoms with Gasteiger partial charge in [0.15, 0.2) is 0 Å². The summed E-state index contributed by atoms with van der Waals surface area (Å²) in [5.74, 6) is -0.00101. The molecule has 0 aliphatic carbocycles. The molecule has 18 heavy (non-hydrogen) atoms. The van der Waals surface area contributed by atoms with E-state index in [1.165, 1.54) is 38.1 Å². The number of fused-ring (bicyclic) bond motifs is 3.